The SMILES string of the molecule is Fc1c(C=CCS)ccnc1Cl. The molecule has 0 bridgehead atoms. The van der Waals surface area contributed by atoms with E-state index < -0.39 is 5.82 Å². The van der Waals surface area contributed by atoms with E-state index in [1.54, 1.807) is 18.2 Å². The van der Waals surface area contributed by atoms with Gasteiger partial charge < -0.3 is 0 Å². The van der Waals surface area contributed by atoms with E-state index in [1.165, 1.54) is 6.20 Å². The van der Waals surface area contributed by atoms with E-state index in [9.17, 15) is 4.39 Å². The topological polar surface area (TPSA) is 12.9 Å². The van der Waals surface area contributed by atoms with Crippen LogP contribution in [0.15, 0.2) is 18.3 Å². The van der Waals surface area contributed by atoms with Crippen LogP contribution in [-0.4, -0.2) is 10.7 Å². The molecule has 0 amide bonds. The smallest absolute Gasteiger partial charge is 0.167 e. The maximum atomic E-state index is 13.1. The minimum Gasteiger partial charge on any atom is -0.242 e. The van der Waals surface area contributed by atoms with Crippen molar-refractivity contribution in [2.75, 3.05) is 5.75 Å². The van der Waals surface area contributed by atoms with Crippen LogP contribution >= 0.6 is 24.2 Å². The summed E-state index contributed by atoms with van der Waals surface area (Å²) in [6.07, 6.45) is 4.82. The van der Waals surface area contributed by atoms with Gasteiger partial charge in [-0.2, -0.15) is 12.6 Å². The standard InChI is InChI=1S/C8H7ClFNS/c9-8-7(10)6(2-1-5-12)3-4-11-8/h1-4,12H,5H2. The van der Waals surface area contributed by atoms with Gasteiger partial charge in [-0.25, -0.2) is 9.37 Å². The minimum absolute atomic E-state index is 0.101. The molecule has 0 unspecified atom stereocenters. The molecule has 1 aromatic heterocycles. The highest BCUT2D eigenvalue weighted by Crippen LogP contribution is 2.15. The Kier molecular flexibility index (Phi) is 3.56. The number of pyridine rings is 1. The Morgan fingerprint density at radius 2 is 2.42 bits per heavy atom. The lowest BCUT2D eigenvalue weighted by molar-refractivity contribution is 0.619. The van der Waals surface area contributed by atoms with Gasteiger partial charge >= 0.3 is 0 Å². The molecule has 64 valence electrons. The van der Waals surface area contributed by atoms with Gasteiger partial charge in [0.25, 0.3) is 0 Å². The zero-order valence-corrected chi connectivity index (χ0v) is 7.82. The number of hydrogen-bond donors (Lipinski definition) is 1. The van der Waals surface area contributed by atoms with Crippen molar-refractivity contribution < 1.29 is 4.39 Å². The van der Waals surface area contributed by atoms with Crippen LogP contribution in [0.25, 0.3) is 6.08 Å². The highest BCUT2D eigenvalue weighted by atomic mass is 35.5. The first-order chi connectivity index (χ1) is 5.75. The molecule has 12 heavy (non-hydrogen) atoms. The Hall–Kier alpha value is -0.540. The lowest BCUT2D eigenvalue weighted by Gasteiger charge is -1.96. The van der Waals surface area contributed by atoms with Crippen LogP contribution in [0.4, 0.5) is 4.39 Å². The third-order valence-corrected chi connectivity index (χ3v) is 1.75. The Bertz CT molecular complexity index is 301. The Balaban J connectivity index is 3.00. The van der Waals surface area contributed by atoms with E-state index in [0.717, 1.165) is 0 Å². The second-order valence-electron chi connectivity index (χ2n) is 2.09. The summed E-state index contributed by atoms with van der Waals surface area (Å²) in [6, 6.07) is 1.56. The van der Waals surface area contributed by atoms with Crippen LogP contribution in [0.1, 0.15) is 5.56 Å². The maximum absolute atomic E-state index is 13.1. The quantitative estimate of drug-likeness (QED) is 0.576. The molecule has 0 atom stereocenters. The molecule has 0 fully saturated rings. The third kappa shape index (κ3) is 2.22. The number of rotatable bonds is 2. The molecule has 1 aromatic rings. The average molecular weight is 204 g/mol. The first kappa shape index (κ1) is 9.55. The Morgan fingerprint density at radius 1 is 1.67 bits per heavy atom. The average Bonchev–Trinajstić information content (AvgIpc) is 2.08. The maximum Gasteiger partial charge on any atom is 0.167 e. The van der Waals surface area contributed by atoms with Crippen molar-refractivity contribution in [2.24, 2.45) is 0 Å². The fourth-order valence-corrected chi connectivity index (χ4v) is 1.01. The summed E-state index contributed by atoms with van der Waals surface area (Å²) in [4.78, 5) is 3.58. The molecule has 0 radical (unpaired) electrons. The minimum atomic E-state index is -0.489. The van der Waals surface area contributed by atoms with Gasteiger partial charge in [0.15, 0.2) is 11.0 Å². The second kappa shape index (κ2) is 4.48. The van der Waals surface area contributed by atoms with E-state index in [1.807, 2.05) is 0 Å². The zero-order chi connectivity index (χ0) is 8.97. The first-order valence-electron chi connectivity index (χ1n) is 3.33. The van der Waals surface area contributed by atoms with Crippen LogP contribution in [0, 0.1) is 5.82 Å². The number of aromatic nitrogens is 1. The van der Waals surface area contributed by atoms with Crippen molar-refractivity contribution in [3.8, 4) is 0 Å². The first-order valence-corrected chi connectivity index (χ1v) is 4.34. The summed E-state index contributed by atoms with van der Waals surface area (Å²) in [5, 5.41) is -0.101. The fourth-order valence-electron chi connectivity index (χ4n) is 0.740. The number of nitrogens with zero attached hydrogens (tertiary/aromatic N) is 1. The van der Waals surface area contributed by atoms with Gasteiger partial charge in [0.1, 0.15) is 0 Å². The zero-order valence-electron chi connectivity index (χ0n) is 6.17. The van der Waals surface area contributed by atoms with Crippen LogP contribution in [0.2, 0.25) is 5.15 Å². The molecule has 1 heterocycles. The summed E-state index contributed by atoms with van der Waals surface area (Å²) in [6.45, 7) is 0. The molecule has 1 nitrogen and oxygen atoms in total. The van der Waals surface area contributed by atoms with Crippen LogP contribution in [0.5, 0.6) is 0 Å². The lowest BCUT2D eigenvalue weighted by Crippen LogP contribution is -1.86. The Labute approximate surface area is 80.7 Å². The molecule has 4 heteroatoms. The van der Waals surface area contributed by atoms with Crippen LogP contribution in [0.3, 0.4) is 0 Å². The van der Waals surface area contributed by atoms with Gasteiger partial charge in [0.05, 0.1) is 0 Å². The summed E-state index contributed by atoms with van der Waals surface area (Å²) in [7, 11) is 0. The van der Waals surface area contributed by atoms with E-state index in [2.05, 4.69) is 17.6 Å². The van der Waals surface area contributed by atoms with Crippen molar-refractivity contribution >= 4 is 30.3 Å². The number of hydrogen-bond acceptors (Lipinski definition) is 2. The van der Waals surface area contributed by atoms with E-state index in [-0.39, 0.29) is 5.15 Å². The second-order valence-corrected chi connectivity index (χ2v) is 2.81. The molecule has 0 aliphatic heterocycles. The molecule has 0 saturated heterocycles. The van der Waals surface area contributed by atoms with Gasteiger partial charge in [-0.1, -0.05) is 23.8 Å². The van der Waals surface area contributed by atoms with Gasteiger partial charge in [-0.05, 0) is 6.07 Å². The predicted molar refractivity (Wildman–Crippen MR) is 52.1 cm³/mol. The molecule has 0 spiro atoms. The monoisotopic (exact) mass is 203 g/mol. The van der Waals surface area contributed by atoms with Gasteiger partial charge in [-0.15, -0.1) is 0 Å². The largest absolute Gasteiger partial charge is 0.242 e. The molecular weight excluding hydrogens is 197 g/mol. The Morgan fingerprint density at radius 3 is 3.08 bits per heavy atom. The normalized spacial score (nSPS) is 10.9. The number of thiol groups is 1. The van der Waals surface area contributed by atoms with Crippen molar-refractivity contribution in [3.05, 3.63) is 34.9 Å². The molecule has 0 saturated carbocycles. The van der Waals surface area contributed by atoms with Crippen LogP contribution in [-0.2, 0) is 0 Å². The third-order valence-electron chi connectivity index (χ3n) is 1.28. The van der Waals surface area contributed by atoms with E-state index in [0.29, 0.717) is 11.3 Å². The van der Waals surface area contributed by atoms with Crippen molar-refractivity contribution in [1.82, 2.24) is 4.98 Å². The fraction of sp³-hybridized carbons (Fsp3) is 0.125. The highest BCUT2D eigenvalue weighted by molar-refractivity contribution is 7.80. The summed E-state index contributed by atoms with van der Waals surface area (Å²) in [5.41, 5.74) is 0.434. The number of halogens is 2. The van der Waals surface area contributed by atoms with E-state index >= 15 is 0 Å². The molecule has 0 aliphatic rings. The predicted octanol–water partition coefficient (Wildman–Crippen LogP) is 2.82. The van der Waals surface area contributed by atoms with Gasteiger partial charge in [0, 0.05) is 17.5 Å². The van der Waals surface area contributed by atoms with Crippen molar-refractivity contribution in [3.63, 3.8) is 0 Å². The van der Waals surface area contributed by atoms with Crippen molar-refractivity contribution in [1.29, 1.82) is 0 Å². The van der Waals surface area contributed by atoms with E-state index in [4.69, 9.17) is 11.6 Å². The highest BCUT2D eigenvalue weighted by Gasteiger charge is 2.03. The molecular formula is C8H7ClFNS. The molecule has 0 aromatic carbocycles. The van der Waals surface area contributed by atoms with Gasteiger partial charge in [-0.3, -0.25) is 0 Å². The van der Waals surface area contributed by atoms with Crippen LogP contribution < -0.4 is 0 Å². The summed E-state index contributed by atoms with van der Waals surface area (Å²) < 4.78 is 13.1. The van der Waals surface area contributed by atoms with Crippen molar-refractivity contribution in [2.45, 2.75) is 0 Å². The summed E-state index contributed by atoms with van der Waals surface area (Å²) >= 11 is 9.41. The summed E-state index contributed by atoms with van der Waals surface area (Å²) in [5.74, 6) is 0.0801. The molecule has 1 rings (SSSR count). The molecule has 0 aliphatic carbocycles. The lowest BCUT2D eigenvalue weighted by atomic mass is 10.2. The van der Waals surface area contributed by atoms with Gasteiger partial charge in [0.2, 0.25) is 0 Å². The molecule has 0 N–H and O–H groups in total.